The predicted molar refractivity (Wildman–Crippen MR) is 211 cm³/mol. The summed E-state index contributed by atoms with van der Waals surface area (Å²) >= 11 is 0. The third kappa shape index (κ3) is 7.81. The number of alkyl carbamates (subject to hydrolysis) is 1. The maximum Gasteiger partial charge on any atom is 0.407 e. The number of ether oxygens (including phenoxy) is 1. The number of nitrogens with one attached hydrogen (secondary N) is 3. The standard InChI is InChI=1S/C41H49N9O6/c1-23(2)34(43-22-56-55-6)39(51)50-18-8-10-33(50)38-45-30-16-15-29(44-36(30)48-38)27-13-11-26-20-28(14-12-25(26)19-27)31-21-42-37(46-31)32-9-7-17-49(32)40(52)35(24(3)4)47-41(53)54-5/h11-16,19-24,32-35H,7-10,17-18H2,1-6H3,(H,42,46)(H,47,53)(H,44,45,48)/t32-,33-,34-,35-/m0/s1. The molecule has 5 heterocycles. The van der Waals surface area contributed by atoms with Gasteiger partial charge >= 0.3 is 6.09 Å². The van der Waals surface area contributed by atoms with Gasteiger partial charge in [-0.25, -0.2) is 24.7 Å². The lowest BCUT2D eigenvalue weighted by Gasteiger charge is -2.30. The van der Waals surface area contributed by atoms with Crippen molar-refractivity contribution in [2.45, 2.75) is 77.5 Å². The summed E-state index contributed by atoms with van der Waals surface area (Å²) in [7, 11) is 2.68. The van der Waals surface area contributed by atoms with Crippen molar-refractivity contribution in [1.82, 2.24) is 40.0 Å². The fourth-order valence-electron chi connectivity index (χ4n) is 7.79. The molecule has 15 heteroatoms. The van der Waals surface area contributed by atoms with Crippen molar-refractivity contribution >= 4 is 46.2 Å². The molecule has 0 aliphatic carbocycles. The molecule has 2 aliphatic heterocycles. The summed E-state index contributed by atoms with van der Waals surface area (Å²) in [5.74, 6) is 1.09. The number of fused-ring (bicyclic) bond motifs is 2. The number of H-pyrrole nitrogens is 2. The molecule has 2 aliphatic rings. The summed E-state index contributed by atoms with van der Waals surface area (Å²) in [6.45, 7) is 8.94. The van der Waals surface area contributed by atoms with Crippen LogP contribution >= 0.6 is 0 Å². The molecule has 2 saturated heterocycles. The summed E-state index contributed by atoms with van der Waals surface area (Å²) in [4.78, 5) is 78.0. The van der Waals surface area contributed by atoms with E-state index in [9.17, 15) is 14.4 Å². The van der Waals surface area contributed by atoms with E-state index in [2.05, 4.69) is 61.6 Å². The molecule has 0 spiro atoms. The van der Waals surface area contributed by atoms with Crippen LogP contribution in [0.2, 0.25) is 0 Å². The summed E-state index contributed by atoms with van der Waals surface area (Å²) in [6, 6.07) is 14.8. The fourth-order valence-corrected chi connectivity index (χ4v) is 7.79. The second-order valence-electron chi connectivity index (χ2n) is 15.1. The largest absolute Gasteiger partial charge is 0.453 e. The number of nitrogens with zero attached hydrogens (tertiary/aromatic N) is 6. The van der Waals surface area contributed by atoms with Crippen LogP contribution < -0.4 is 5.32 Å². The average Bonchev–Trinajstić information content (AvgIpc) is 4.03. The highest BCUT2D eigenvalue weighted by molar-refractivity contribution is 5.91. The first-order valence-corrected chi connectivity index (χ1v) is 19.2. The molecule has 3 aromatic heterocycles. The van der Waals surface area contributed by atoms with Crippen LogP contribution in [0.15, 0.2) is 59.7 Å². The summed E-state index contributed by atoms with van der Waals surface area (Å²) in [5, 5.41) is 4.81. The number of benzene rings is 2. The smallest absolute Gasteiger partial charge is 0.407 e. The Kier molecular flexibility index (Phi) is 11.3. The number of imidazole rings is 2. The normalized spacial score (nSPS) is 18.4. The van der Waals surface area contributed by atoms with Gasteiger partial charge < -0.3 is 34.7 Å². The molecule has 0 saturated carbocycles. The maximum atomic E-state index is 13.6. The minimum Gasteiger partial charge on any atom is -0.453 e. The minimum absolute atomic E-state index is 0.0262. The van der Waals surface area contributed by atoms with E-state index in [1.54, 1.807) is 0 Å². The van der Waals surface area contributed by atoms with Gasteiger partial charge in [0.05, 0.1) is 49.4 Å². The number of aromatic amines is 2. The number of hydrogen-bond acceptors (Lipinski definition) is 10. The van der Waals surface area contributed by atoms with Gasteiger partial charge in [-0.15, -0.1) is 0 Å². The Morgan fingerprint density at radius 3 is 2.20 bits per heavy atom. The maximum absolute atomic E-state index is 13.6. The molecule has 3 N–H and O–H groups in total. The summed E-state index contributed by atoms with van der Waals surface area (Å²) < 4.78 is 4.76. The minimum atomic E-state index is -0.691. The van der Waals surface area contributed by atoms with E-state index in [4.69, 9.17) is 24.6 Å². The van der Waals surface area contributed by atoms with Crippen molar-refractivity contribution in [3.63, 3.8) is 0 Å². The summed E-state index contributed by atoms with van der Waals surface area (Å²) in [6.07, 6.45) is 5.65. The van der Waals surface area contributed by atoms with E-state index in [0.29, 0.717) is 24.6 Å². The van der Waals surface area contributed by atoms with Crippen molar-refractivity contribution < 1.29 is 28.9 Å². The van der Waals surface area contributed by atoms with E-state index in [-0.39, 0.29) is 35.7 Å². The highest BCUT2D eigenvalue weighted by Crippen LogP contribution is 2.35. The van der Waals surface area contributed by atoms with Crippen LogP contribution in [0.1, 0.15) is 77.1 Å². The Morgan fingerprint density at radius 2 is 1.52 bits per heavy atom. The van der Waals surface area contributed by atoms with E-state index in [1.165, 1.54) is 20.6 Å². The quantitative estimate of drug-likeness (QED) is 0.0553. The number of likely N-dealkylation sites (tertiary alicyclic amines) is 2. The number of aliphatic imine (C=N–C) groups is 1. The number of rotatable bonds is 12. The van der Waals surface area contributed by atoms with Crippen LogP contribution in [0.4, 0.5) is 4.79 Å². The van der Waals surface area contributed by atoms with Crippen LogP contribution in [0.3, 0.4) is 0 Å². The summed E-state index contributed by atoms with van der Waals surface area (Å²) in [5.41, 5.74) is 4.99. The van der Waals surface area contributed by atoms with Gasteiger partial charge in [0.25, 0.3) is 0 Å². The van der Waals surface area contributed by atoms with Gasteiger partial charge in [-0.1, -0.05) is 52.0 Å². The van der Waals surface area contributed by atoms with Crippen molar-refractivity contribution in [2.75, 3.05) is 27.3 Å². The molecule has 3 amide bonds. The fraction of sp³-hybridized carbons (Fsp3) is 0.439. The van der Waals surface area contributed by atoms with Crippen LogP contribution in [0.5, 0.6) is 0 Å². The first-order valence-electron chi connectivity index (χ1n) is 19.2. The zero-order chi connectivity index (χ0) is 39.5. The van der Waals surface area contributed by atoms with Crippen molar-refractivity contribution in [1.29, 1.82) is 0 Å². The first-order chi connectivity index (χ1) is 27.1. The Morgan fingerprint density at radius 1 is 0.839 bits per heavy atom. The highest BCUT2D eigenvalue weighted by atomic mass is 17.2. The van der Waals surface area contributed by atoms with Crippen molar-refractivity contribution in [3.8, 4) is 22.5 Å². The van der Waals surface area contributed by atoms with E-state index >= 15 is 0 Å². The molecule has 5 aromatic rings. The van der Waals surface area contributed by atoms with Crippen LogP contribution in [-0.4, -0.2) is 98.4 Å². The van der Waals surface area contributed by atoms with Gasteiger partial charge in [0, 0.05) is 24.2 Å². The Balaban J connectivity index is 1.07. The van der Waals surface area contributed by atoms with Crippen LogP contribution in [0, 0.1) is 11.8 Å². The number of amides is 3. The van der Waals surface area contributed by atoms with Gasteiger partial charge in [-0.2, -0.15) is 4.89 Å². The molecule has 56 heavy (non-hydrogen) atoms. The predicted octanol–water partition coefficient (Wildman–Crippen LogP) is 6.51. The lowest BCUT2D eigenvalue weighted by atomic mass is 10.0. The third-order valence-electron chi connectivity index (χ3n) is 10.7. The number of methoxy groups -OCH3 is 1. The van der Waals surface area contributed by atoms with Crippen molar-refractivity contribution in [2.24, 2.45) is 16.8 Å². The molecule has 15 nitrogen and oxygen atoms in total. The number of carbonyl (C=O) groups excluding carboxylic acids is 3. The second kappa shape index (κ2) is 16.5. The Hall–Kier alpha value is -5.83. The first kappa shape index (κ1) is 38.4. The van der Waals surface area contributed by atoms with E-state index < -0.39 is 18.2 Å². The number of hydrogen-bond donors (Lipinski definition) is 3. The molecule has 0 bridgehead atoms. The third-order valence-corrected chi connectivity index (χ3v) is 10.7. The van der Waals surface area contributed by atoms with Crippen LogP contribution in [-0.2, 0) is 24.1 Å². The van der Waals surface area contributed by atoms with Gasteiger partial charge in [-0.3, -0.25) is 9.59 Å². The van der Waals surface area contributed by atoms with Gasteiger partial charge in [0.15, 0.2) is 5.65 Å². The molecule has 0 radical (unpaired) electrons. The van der Waals surface area contributed by atoms with E-state index in [0.717, 1.165) is 70.3 Å². The van der Waals surface area contributed by atoms with E-state index in [1.807, 2.05) is 55.8 Å². The zero-order valence-electron chi connectivity index (χ0n) is 32.6. The number of carbonyl (C=O) groups is 3. The number of pyridine rings is 1. The van der Waals surface area contributed by atoms with Gasteiger partial charge in [-0.05, 0) is 72.6 Å². The molecule has 7 rings (SSSR count). The SMILES string of the molecule is COOC=N[C@H](C(=O)N1CCC[C@H]1c1nc2nc(-c3ccc4cc(-c5cnc([C@@H]6CCCN6C(=O)[C@@H](NC(=O)OC)C(C)C)[nH]5)ccc4c3)ccc2[nH]1)C(C)C. The average molecular weight is 764 g/mol. The lowest BCUT2D eigenvalue weighted by Crippen LogP contribution is -2.51. The van der Waals surface area contributed by atoms with Gasteiger partial charge in [0.1, 0.15) is 23.7 Å². The van der Waals surface area contributed by atoms with Crippen molar-refractivity contribution in [3.05, 3.63) is 66.4 Å². The van der Waals surface area contributed by atoms with Crippen LogP contribution in [0.25, 0.3) is 44.5 Å². The zero-order valence-corrected chi connectivity index (χ0v) is 32.6. The molecule has 4 atom stereocenters. The lowest BCUT2D eigenvalue weighted by molar-refractivity contribution is -0.188. The molecular formula is C41H49N9O6. The molecule has 2 fully saturated rings. The second-order valence-corrected chi connectivity index (χ2v) is 15.1. The Bertz CT molecular complexity index is 2250. The number of aromatic nitrogens is 5. The molecular weight excluding hydrogens is 715 g/mol. The Labute approximate surface area is 325 Å². The highest BCUT2D eigenvalue weighted by Gasteiger charge is 2.38. The molecule has 294 valence electrons. The molecule has 0 unspecified atom stereocenters. The molecule has 2 aromatic carbocycles. The topological polar surface area (TPSA) is 180 Å². The van der Waals surface area contributed by atoms with Gasteiger partial charge in [0.2, 0.25) is 18.2 Å². The monoisotopic (exact) mass is 763 g/mol.